The molecule has 1 fully saturated rings. The van der Waals surface area contributed by atoms with Crippen molar-refractivity contribution in [3.63, 3.8) is 0 Å². The van der Waals surface area contributed by atoms with E-state index in [0.29, 0.717) is 5.69 Å². The van der Waals surface area contributed by atoms with Crippen LogP contribution in [0.1, 0.15) is 55.4 Å². The predicted octanol–water partition coefficient (Wildman–Crippen LogP) is 3.71. The molecule has 1 saturated heterocycles. The summed E-state index contributed by atoms with van der Waals surface area (Å²) in [5.41, 5.74) is 2.69. The number of aromatic nitrogens is 1. The molecule has 0 radical (unpaired) electrons. The first-order valence-electron chi connectivity index (χ1n) is 9.26. The number of ether oxygens (including phenoxy) is 2. The first-order valence-corrected chi connectivity index (χ1v) is 9.26. The maximum absolute atomic E-state index is 12.9. The minimum atomic E-state index is -0.535. The number of esters is 1. The van der Waals surface area contributed by atoms with Gasteiger partial charge in [0.15, 0.2) is 5.60 Å². The van der Waals surface area contributed by atoms with Crippen molar-refractivity contribution in [1.29, 1.82) is 0 Å². The van der Waals surface area contributed by atoms with Crippen LogP contribution in [0.5, 0.6) is 5.75 Å². The highest BCUT2D eigenvalue weighted by Gasteiger charge is 2.45. The topological polar surface area (TPSA) is 52.5 Å². The number of para-hydroxylation sites is 2. The zero-order valence-electron chi connectivity index (χ0n) is 15.9. The van der Waals surface area contributed by atoms with Crippen molar-refractivity contribution in [3.05, 3.63) is 47.3 Å². The van der Waals surface area contributed by atoms with Gasteiger partial charge in [-0.25, -0.2) is 4.79 Å². The predicted molar refractivity (Wildman–Crippen MR) is 100 cm³/mol. The number of hydrogen-bond acceptors (Lipinski definition) is 4. The number of fused-ring (bicyclic) bond motifs is 4. The van der Waals surface area contributed by atoms with Crippen molar-refractivity contribution in [1.82, 2.24) is 9.88 Å². The van der Waals surface area contributed by atoms with E-state index in [1.165, 1.54) is 0 Å². The zero-order valence-corrected chi connectivity index (χ0v) is 15.9. The molecule has 5 nitrogen and oxygen atoms in total. The lowest BCUT2D eigenvalue weighted by molar-refractivity contribution is 0.00446. The summed E-state index contributed by atoms with van der Waals surface area (Å²) in [6, 6.07) is 9.87. The fraction of sp³-hybridized carbons (Fsp3) is 0.476. The molecule has 1 aromatic heterocycles. The molecule has 5 heteroatoms. The second kappa shape index (κ2) is 5.88. The Morgan fingerprint density at radius 3 is 2.62 bits per heavy atom. The lowest BCUT2D eigenvalue weighted by atomic mass is 9.85. The van der Waals surface area contributed by atoms with Crippen LogP contribution in [0.15, 0.2) is 30.3 Å². The average molecular weight is 354 g/mol. The molecule has 138 valence electrons. The summed E-state index contributed by atoms with van der Waals surface area (Å²) in [6.07, 6.45) is 1.75. The van der Waals surface area contributed by atoms with E-state index in [4.69, 9.17) is 9.47 Å². The van der Waals surface area contributed by atoms with Crippen LogP contribution in [0.3, 0.4) is 0 Å². The first kappa shape index (κ1) is 17.2. The molecule has 1 N–H and O–H groups in total. The van der Waals surface area contributed by atoms with Crippen molar-refractivity contribution >= 4 is 5.97 Å². The maximum atomic E-state index is 12.9. The Balaban J connectivity index is 1.92. The fourth-order valence-corrected chi connectivity index (χ4v) is 4.09. The van der Waals surface area contributed by atoms with Gasteiger partial charge in [0, 0.05) is 12.8 Å². The van der Waals surface area contributed by atoms with Crippen LogP contribution in [0.25, 0.3) is 5.69 Å². The molecule has 0 saturated carbocycles. The summed E-state index contributed by atoms with van der Waals surface area (Å²) in [6.45, 7) is 9.53. The number of carbonyl (C=O) groups excluding carboxylic acids is 1. The molecule has 4 rings (SSSR count). The van der Waals surface area contributed by atoms with Gasteiger partial charge in [0.1, 0.15) is 17.0 Å². The van der Waals surface area contributed by atoms with Crippen molar-refractivity contribution in [2.24, 2.45) is 0 Å². The largest absolute Gasteiger partial charge is 0.479 e. The van der Waals surface area contributed by atoms with Gasteiger partial charge < -0.3 is 19.4 Å². The van der Waals surface area contributed by atoms with Gasteiger partial charge >= 0.3 is 5.97 Å². The molecule has 3 heterocycles. The van der Waals surface area contributed by atoms with E-state index in [9.17, 15) is 4.79 Å². The number of rotatable bonds is 1. The molecule has 0 unspecified atom stereocenters. The summed E-state index contributed by atoms with van der Waals surface area (Å²) in [4.78, 5) is 12.9. The molecule has 26 heavy (non-hydrogen) atoms. The zero-order chi connectivity index (χ0) is 18.5. The third-order valence-electron chi connectivity index (χ3n) is 5.05. The number of aryl methyl sites for hydroxylation is 1. The van der Waals surface area contributed by atoms with Gasteiger partial charge in [-0.3, -0.25) is 0 Å². The van der Waals surface area contributed by atoms with E-state index >= 15 is 0 Å². The van der Waals surface area contributed by atoms with E-state index in [2.05, 4.69) is 16.8 Å². The normalized spacial score (nSPS) is 18.0. The van der Waals surface area contributed by atoms with Crippen LogP contribution >= 0.6 is 0 Å². The third-order valence-corrected chi connectivity index (χ3v) is 5.05. The third kappa shape index (κ3) is 2.71. The summed E-state index contributed by atoms with van der Waals surface area (Å²) in [5, 5.41) is 3.41. The Morgan fingerprint density at radius 2 is 1.92 bits per heavy atom. The Kier molecular flexibility index (Phi) is 3.88. The number of benzene rings is 1. The van der Waals surface area contributed by atoms with Crippen LogP contribution in [0.4, 0.5) is 0 Å². The highest BCUT2D eigenvalue weighted by atomic mass is 16.6. The van der Waals surface area contributed by atoms with Gasteiger partial charge in [0.2, 0.25) is 0 Å². The van der Waals surface area contributed by atoms with E-state index < -0.39 is 11.2 Å². The Labute approximate surface area is 154 Å². The van der Waals surface area contributed by atoms with Crippen LogP contribution in [-0.4, -0.2) is 29.2 Å². The molecular weight excluding hydrogens is 328 g/mol. The number of carbonyl (C=O) groups is 1. The first-order chi connectivity index (χ1) is 12.3. The van der Waals surface area contributed by atoms with Gasteiger partial charge in [-0.15, -0.1) is 0 Å². The lowest BCUT2D eigenvalue weighted by Crippen LogP contribution is -2.47. The molecular formula is C21H26N2O3. The highest BCUT2D eigenvalue weighted by Crippen LogP contribution is 2.46. The number of piperidine rings is 1. The molecule has 0 bridgehead atoms. The quantitative estimate of drug-likeness (QED) is 0.793. The van der Waals surface area contributed by atoms with Crippen molar-refractivity contribution in [3.8, 4) is 11.4 Å². The molecule has 2 aliphatic rings. The van der Waals surface area contributed by atoms with Crippen LogP contribution in [0, 0.1) is 6.92 Å². The monoisotopic (exact) mass is 354 g/mol. The molecule has 2 aromatic rings. The Bertz CT molecular complexity index is 855. The van der Waals surface area contributed by atoms with Crippen molar-refractivity contribution < 1.29 is 14.3 Å². The molecule has 0 amide bonds. The van der Waals surface area contributed by atoms with Crippen LogP contribution in [-0.2, 0) is 10.3 Å². The summed E-state index contributed by atoms with van der Waals surface area (Å²) in [7, 11) is 0. The Hall–Kier alpha value is -2.27. The van der Waals surface area contributed by atoms with E-state index in [0.717, 1.165) is 48.6 Å². The average Bonchev–Trinajstić information content (AvgIpc) is 2.93. The summed E-state index contributed by atoms with van der Waals surface area (Å²) >= 11 is 0. The van der Waals surface area contributed by atoms with Crippen LogP contribution in [0.2, 0.25) is 0 Å². The number of nitrogens with one attached hydrogen (secondary N) is 1. The maximum Gasteiger partial charge on any atom is 0.355 e. The van der Waals surface area contributed by atoms with Gasteiger partial charge in [-0.1, -0.05) is 12.1 Å². The number of hydrogen-bond donors (Lipinski definition) is 1. The second-order valence-electron chi connectivity index (χ2n) is 8.21. The molecule has 0 atom stereocenters. The molecule has 1 spiro atoms. The van der Waals surface area contributed by atoms with Gasteiger partial charge in [0.05, 0.1) is 11.4 Å². The summed E-state index contributed by atoms with van der Waals surface area (Å²) in [5.74, 6) is 0.523. The van der Waals surface area contributed by atoms with Gasteiger partial charge in [-0.2, -0.15) is 0 Å². The summed E-state index contributed by atoms with van der Waals surface area (Å²) < 4.78 is 14.3. The minimum Gasteiger partial charge on any atom is -0.479 e. The van der Waals surface area contributed by atoms with Crippen LogP contribution < -0.4 is 10.1 Å². The van der Waals surface area contributed by atoms with Gasteiger partial charge in [0.25, 0.3) is 0 Å². The molecule has 0 aliphatic carbocycles. The smallest absolute Gasteiger partial charge is 0.355 e. The van der Waals surface area contributed by atoms with Crippen molar-refractivity contribution in [2.45, 2.75) is 51.7 Å². The fourth-order valence-electron chi connectivity index (χ4n) is 4.09. The minimum absolute atomic E-state index is 0.298. The van der Waals surface area contributed by atoms with Crippen molar-refractivity contribution in [2.75, 3.05) is 13.1 Å². The second-order valence-corrected chi connectivity index (χ2v) is 8.21. The molecule has 2 aliphatic heterocycles. The highest BCUT2D eigenvalue weighted by molar-refractivity contribution is 5.90. The molecule has 1 aromatic carbocycles. The SMILES string of the molecule is Cc1cc(C(=O)OC(C)(C)C)n2c1C1(CCNCC1)Oc1ccccc1-2. The van der Waals surface area contributed by atoms with E-state index in [1.807, 2.05) is 51.1 Å². The lowest BCUT2D eigenvalue weighted by Gasteiger charge is -2.43. The number of nitrogens with zero attached hydrogens (tertiary/aromatic N) is 1. The Morgan fingerprint density at radius 1 is 1.23 bits per heavy atom. The van der Waals surface area contributed by atoms with Gasteiger partial charge in [-0.05, 0) is 64.5 Å². The van der Waals surface area contributed by atoms with E-state index in [1.54, 1.807) is 0 Å². The standard InChI is InChI=1S/C21H26N2O3/c1-14-13-16(19(24)26-20(2,3)4)23-15-7-5-6-8-17(15)25-21(18(14)23)9-11-22-12-10-21/h5-8,13,22H,9-12H2,1-4H3. The van der Waals surface area contributed by atoms with E-state index in [-0.39, 0.29) is 5.97 Å².